The molecule has 1 amide bonds. The molecule has 4 atom stereocenters. The number of nitrogens with zero attached hydrogens (tertiary/aromatic N) is 1. The summed E-state index contributed by atoms with van der Waals surface area (Å²) in [5, 5.41) is 6.49. The molecule has 2 N–H and O–H groups in total. The molecule has 40 heavy (non-hydrogen) atoms. The van der Waals surface area contributed by atoms with Crippen LogP contribution in [-0.4, -0.2) is 84.4 Å². The van der Waals surface area contributed by atoms with Crippen molar-refractivity contribution in [1.29, 1.82) is 0 Å². The van der Waals surface area contributed by atoms with Crippen LogP contribution in [0.3, 0.4) is 0 Å². The molecule has 2 heterocycles. The van der Waals surface area contributed by atoms with Crippen molar-refractivity contribution in [3.63, 3.8) is 0 Å². The van der Waals surface area contributed by atoms with Crippen LogP contribution in [0.15, 0.2) is 42.5 Å². The van der Waals surface area contributed by atoms with E-state index in [1.165, 1.54) is 0 Å². The van der Waals surface area contributed by atoms with Gasteiger partial charge in [0, 0.05) is 51.7 Å². The van der Waals surface area contributed by atoms with Crippen molar-refractivity contribution in [2.24, 2.45) is 0 Å². The quantitative estimate of drug-likeness (QED) is 0.343. The van der Waals surface area contributed by atoms with Crippen LogP contribution >= 0.6 is 0 Å². The van der Waals surface area contributed by atoms with Gasteiger partial charge in [-0.15, -0.1) is 0 Å². The van der Waals surface area contributed by atoms with Gasteiger partial charge in [0.1, 0.15) is 18.1 Å². The lowest BCUT2D eigenvalue weighted by Gasteiger charge is -2.39. The Morgan fingerprint density at radius 2 is 1.90 bits per heavy atom. The maximum absolute atomic E-state index is 11.8. The van der Waals surface area contributed by atoms with E-state index in [2.05, 4.69) is 45.9 Å². The van der Waals surface area contributed by atoms with Gasteiger partial charge in [-0.1, -0.05) is 25.1 Å². The van der Waals surface area contributed by atoms with Crippen molar-refractivity contribution in [2.75, 3.05) is 65.1 Å². The second-order valence-electron chi connectivity index (χ2n) is 10.5. The van der Waals surface area contributed by atoms with Crippen molar-refractivity contribution in [3.05, 3.63) is 53.6 Å². The van der Waals surface area contributed by atoms with Crippen LogP contribution in [0.2, 0.25) is 0 Å². The maximum atomic E-state index is 11.8. The topological polar surface area (TPSA) is 90.5 Å². The Hall–Kier alpha value is -2.85. The number of piperidine rings is 1. The molecule has 0 saturated carbocycles. The molecule has 9 heteroatoms. The van der Waals surface area contributed by atoms with Crippen LogP contribution in [0.1, 0.15) is 43.7 Å². The minimum atomic E-state index is -0.110. The van der Waals surface area contributed by atoms with Gasteiger partial charge in [-0.3, -0.25) is 4.79 Å². The largest absolute Gasteiger partial charge is 0.497 e. The number of carbonyl (C=O) groups excluding carboxylic acids is 1. The van der Waals surface area contributed by atoms with Crippen molar-refractivity contribution in [2.45, 2.75) is 57.5 Å². The van der Waals surface area contributed by atoms with E-state index in [-0.39, 0.29) is 30.1 Å². The van der Waals surface area contributed by atoms with Crippen LogP contribution in [0.5, 0.6) is 11.5 Å². The molecule has 9 nitrogen and oxygen atoms in total. The van der Waals surface area contributed by atoms with Gasteiger partial charge in [0.05, 0.1) is 44.8 Å². The first-order valence-corrected chi connectivity index (χ1v) is 14.4. The van der Waals surface area contributed by atoms with Gasteiger partial charge in [-0.05, 0) is 48.7 Å². The summed E-state index contributed by atoms with van der Waals surface area (Å²) in [6.45, 7) is 9.38. The number of carbonyl (C=O) groups is 1. The number of ether oxygens (including phenoxy) is 5. The first-order valence-electron chi connectivity index (χ1n) is 14.4. The number of methoxy groups -OCH3 is 2. The van der Waals surface area contributed by atoms with Crippen LogP contribution in [-0.2, 0) is 25.6 Å². The average Bonchev–Trinajstić information content (AvgIpc) is 2.99. The number of anilines is 1. The maximum Gasteiger partial charge on any atom is 0.220 e. The summed E-state index contributed by atoms with van der Waals surface area (Å²) in [5.74, 6) is 1.78. The standard InChI is InChI=1S/C31H45N3O6/c1-5-30(35)33-22(2)20-39-28-18-32-19-29(31(28)24-8-10-25(37-4)11-9-24)40-21-23-7-12-27-26(17-23)34(14-16-38-27)13-6-15-36-3/h7-12,17,22,28-29,31-32H,5-6,13-16,18-21H2,1-4H3,(H,33,35)/t22-,28-,29+,31+/m1/s1. The molecule has 2 aliphatic rings. The third kappa shape index (κ3) is 8.10. The van der Waals surface area contributed by atoms with Crippen LogP contribution < -0.4 is 25.0 Å². The summed E-state index contributed by atoms with van der Waals surface area (Å²) < 4.78 is 29.6. The summed E-state index contributed by atoms with van der Waals surface area (Å²) >= 11 is 0. The number of amides is 1. The van der Waals surface area contributed by atoms with E-state index in [4.69, 9.17) is 23.7 Å². The van der Waals surface area contributed by atoms with Crippen LogP contribution in [0.4, 0.5) is 5.69 Å². The van der Waals surface area contributed by atoms with Gasteiger partial charge in [-0.2, -0.15) is 0 Å². The number of rotatable bonds is 14. The minimum absolute atomic E-state index is 0.0211. The molecule has 1 fully saturated rings. The van der Waals surface area contributed by atoms with E-state index in [1.807, 2.05) is 26.0 Å². The van der Waals surface area contributed by atoms with Gasteiger partial charge in [0.15, 0.2) is 0 Å². The summed E-state index contributed by atoms with van der Waals surface area (Å²) in [6, 6.07) is 14.4. The van der Waals surface area contributed by atoms with Gasteiger partial charge < -0.3 is 39.2 Å². The van der Waals surface area contributed by atoms with Crippen molar-refractivity contribution in [3.8, 4) is 11.5 Å². The SMILES string of the molecule is CCC(=O)N[C@H](C)CO[C@@H]1CNC[C@H](OCc2ccc3c(c2)N(CCCOC)CCO3)[C@H]1c1ccc(OC)cc1. The first-order chi connectivity index (χ1) is 19.5. The normalized spacial score (nSPS) is 21.3. The summed E-state index contributed by atoms with van der Waals surface area (Å²) in [6.07, 6.45) is 1.22. The highest BCUT2D eigenvalue weighted by Gasteiger charge is 2.36. The molecule has 2 aromatic rings. The van der Waals surface area contributed by atoms with Gasteiger partial charge in [-0.25, -0.2) is 0 Å². The number of benzene rings is 2. The molecule has 0 unspecified atom stereocenters. The number of fused-ring (bicyclic) bond motifs is 1. The summed E-state index contributed by atoms with van der Waals surface area (Å²) in [5.41, 5.74) is 3.36. The molecule has 4 rings (SSSR count). The second kappa shape index (κ2) is 15.2. The van der Waals surface area contributed by atoms with Crippen molar-refractivity contribution in [1.82, 2.24) is 10.6 Å². The fourth-order valence-electron chi connectivity index (χ4n) is 5.37. The third-order valence-electron chi connectivity index (χ3n) is 7.51. The lowest BCUT2D eigenvalue weighted by molar-refractivity contribution is -0.122. The number of hydrogen-bond acceptors (Lipinski definition) is 8. The van der Waals surface area contributed by atoms with Crippen LogP contribution in [0, 0.1) is 0 Å². The van der Waals surface area contributed by atoms with Gasteiger partial charge in [0.2, 0.25) is 5.91 Å². The molecule has 2 aromatic carbocycles. The highest BCUT2D eigenvalue weighted by molar-refractivity contribution is 5.75. The zero-order chi connectivity index (χ0) is 28.3. The Labute approximate surface area is 238 Å². The van der Waals surface area contributed by atoms with Gasteiger partial charge in [0.25, 0.3) is 0 Å². The first kappa shape index (κ1) is 30.1. The lowest BCUT2D eigenvalue weighted by atomic mass is 9.85. The minimum Gasteiger partial charge on any atom is -0.497 e. The Morgan fingerprint density at radius 1 is 1.12 bits per heavy atom. The second-order valence-corrected chi connectivity index (χ2v) is 10.5. The highest BCUT2D eigenvalue weighted by Crippen LogP contribution is 2.35. The summed E-state index contributed by atoms with van der Waals surface area (Å²) in [7, 11) is 3.41. The van der Waals surface area contributed by atoms with Crippen LogP contribution in [0.25, 0.3) is 0 Å². The highest BCUT2D eigenvalue weighted by atomic mass is 16.5. The lowest BCUT2D eigenvalue weighted by Crippen LogP contribution is -2.51. The Bertz CT molecular complexity index is 1070. The summed E-state index contributed by atoms with van der Waals surface area (Å²) in [4.78, 5) is 14.2. The monoisotopic (exact) mass is 555 g/mol. The molecule has 220 valence electrons. The smallest absolute Gasteiger partial charge is 0.220 e. The average molecular weight is 556 g/mol. The fraction of sp³-hybridized carbons (Fsp3) is 0.581. The van der Waals surface area contributed by atoms with E-state index in [9.17, 15) is 4.79 Å². The molecule has 0 spiro atoms. The van der Waals surface area contributed by atoms with Crippen molar-refractivity contribution >= 4 is 11.6 Å². The molecule has 1 saturated heterocycles. The van der Waals surface area contributed by atoms with E-state index >= 15 is 0 Å². The zero-order valence-corrected chi connectivity index (χ0v) is 24.3. The predicted molar refractivity (Wildman–Crippen MR) is 155 cm³/mol. The molecule has 0 radical (unpaired) electrons. The Kier molecular flexibility index (Phi) is 11.5. The molecule has 0 aromatic heterocycles. The predicted octanol–water partition coefficient (Wildman–Crippen LogP) is 3.50. The van der Waals surface area contributed by atoms with E-state index in [1.54, 1.807) is 14.2 Å². The zero-order valence-electron chi connectivity index (χ0n) is 24.3. The van der Waals surface area contributed by atoms with E-state index in [0.717, 1.165) is 61.0 Å². The van der Waals surface area contributed by atoms with E-state index < -0.39 is 0 Å². The number of hydrogen-bond donors (Lipinski definition) is 2. The molecular formula is C31H45N3O6. The van der Waals surface area contributed by atoms with E-state index in [0.29, 0.717) is 32.8 Å². The Balaban J connectivity index is 1.47. The molecule has 0 bridgehead atoms. The Morgan fingerprint density at radius 3 is 2.62 bits per heavy atom. The molecule has 2 aliphatic heterocycles. The van der Waals surface area contributed by atoms with Crippen molar-refractivity contribution < 1.29 is 28.5 Å². The number of nitrogens with one attached hydrogen (secondary N) is 2. The third-order valence-corrected chi connectivity index (χ3v) is 7.51. The van der Waals surface area contributed by atoms with Gasteiger partial charge >= 0.3 is 0 Å². The molecular weight excluding hydrogens is 510 g/mol. The molecule has 0 aliphatic carbocycles. The fourth-order valence-corrected chi connectivity index (χ4v) is 5.37.